The van der Waals surface area contributed by atoms with Gasteiger partial charge in [-0.05, 0) is 36.1 Å². The van der Waals surface area contributed by atoms with Crippen LogP contribution in [-0.2, 0) is 0 Å². The van der Waals surface area contributed by atoms with E-state index in [0.717, 1.165) is 11.1 Å². The summed E-state index contributed by atoms with van der Waals surface area (Å²) < 4.78 is 0. The molecule has 0 bridgehead atoms. The molecule has 2 heteroatoms. The Morgan fingerprint density at radius 3 is 2.71 bits per heavy atom. The Labute approximate surface area is 84.3 Å². The van der Waals surface area contributed by atoms with E-state index in [0.29, 0.717) is 11.7 Å². The monoisotopic (exact) mass is 189 g/mol. The number of hydrogen-bond acceptors (Lipinski definition) is 2. The van der Waals surface area contributed by atoms with Crippen LogP contribution in [0.4, 0.5) is 0 Å². The molecule has 0 aromatic heterocycles. The lowest BCUT2D eigenvalue weighted by Crippen LogP contribution is -1.94. The molecule has 2 nitrogen and oxygen atoms in total. The molecule has 0 radical (unpaired) electrons. The number of fused-ring (bicyclic) bond motifs is 1. The van der Waals surface area contributed by atoms with Gasteiger partial charge in [0.2, 0.25) is 0 Å². The second-order valence-electron chi connectivity index (χ2n) is 4.15. The third-order valence-corrected chi connectivity index (χ3v) is 2.74. The van der Waals surface area contributed by atoms with E-state index in [2.05, 4.69) is 31.8 Å². The summed E-state index contributed by atoms with van der Waals surface area (Å²) in [4.78, 5) is 4.31. The summed E-state index contributed by atoms with van der Waals surface area (Å²) in [6.45, 7) is 6.24. The first kappa shape index (κ1) is 9.25. The zero-order valence-electron chi connectivity index (χ0n) is 8.78. The third kappa shape index (κ3) is 1.31. The summed E-state index contributed by atoms with van der Waals surface area (Å²) in [5.41, 5.74) is 3.30. The van der Waals surface area contributed by atoms with Crippen LogP contribution in [-0.4, -0.2) is 11.3 Å². The molecule has 1 atom stereocenters. The summed E-state index contributed by atoms with van der Waals surface area (Å²) >= 11 is 0. The number of hydrogen-bond donors (Lipinski definition) is 1. The van der Waals surface area contributed by atoms with Gasteiger partial charge in [0, 0.05) is 11.8 Å². The average molecular weight is 189 g/mol. The molecule has 1 aromatic carbocycles. The van der Waals surface area contributed by atoms with Crippen molar-refractivity contribution < 1.29 is 5.11 Å². The lowest BCUT2D eigenvalue weighted by molar-refractivity contribution is 0.464. The minimum absolute atomic E-state index is 0.239. The fraction of sp³-hybridized carbons (Fsp3) is 0.417. The van der Waals surface area contributed by atoms with Crippen LogP contribution in [0.2, 0.25) is 0 Å². The molecule has 1 N–H and O–H groups in total. The van der Waals surface area contributed by atoms with Gasteiger partial charge in [0.15, 0.2) is 0 Å². The average Bonchev–Trinajstić information content (AvgIpc) is 2.46. The highest BCUT2D eigenvalue weighted by Gasteiger charge is 2.18. The van der Waals surface area contributed by atoms with E-state index < -0.39 is 0 Å². The normalized spacial score (nSPS) is 19.0. The van der Waals surface area contributed by atoms with E-state index in [1.807, 2.05) is 12.3 Å². The molecule has 1 heterocycles. The fourth-order valence-electron chi connectivity index (χ4n) is 1.85. The van der Waals surface area contributed by atoms with E-state index in [1.165, 1.54) is 5.56 Å². The summed E-state index contributed by atoms with van der Waals surface area (Å²) in [5.74, 6) is 0.743. The van der Waals surface area contributed by atoms with Gasteiger partial charge in [-0.3, -0.25) is 4.99 Å². The Morgan fingerprint density at radius 1 is 1.36 bits per heavy atom. The smallest absolute Gasteiger partial charge is 0.119 e. The quantitative estimate of drug-likeness (QED) is 0.723. The Bertz CT molecular complexity index is 393. The van der Waals surface area contributed by atoms with Crippen LogP contribution >= 0.6 is 0 Å². The number of aliphatic imine (C=N–C) groups is 1. The van der Waals surface area contributed by atoms with Gasteiger partial charge in [-0.2, -0.15) is 0 Å². The van der Waals surface area contributed by atoms with E-state index in [9.17, 15) is 5.11 Å². The predicted octanol–water partition coefficient (Wildman–Crippen LogP) is 3.01. The van der Waals surface area contributed by atoms with Crippen molar-refractivity contribution in [2.75, 3.05) is 0 Å². The number of phenols is 1. The van der Waals surface area contributed by atoms with E-state index in [1.54, 1.807) is 0 Å². The Balaban J connectivity index is 2.55. The number of phenolic OH excluding ortho intramolecular Hbond substituents is 1. The molecule has 14 heavy (non-hydrogen) atoms. The first-order valence-corrected chi connectivity index (χ1v) is 4.99. The maximum Gasteiger partial charge on any atom is 0.119 e. The van der Waals surface area contributed by atoms with Gasteiger partial charge in [0.1, 0.15) is 5.75 Å². The molecule has 0 saturated heterocycles. The molecule has 1 unspecified atom stereocenters. The SMILES string of the molecule is CC(C)c1cc2c(cc1O)C=NC2C. The van der Waals surface area contributed by atoms with Crippen molar-refractivity contribution in [1.29, 1.82) is 0 Å². The van der Waals surface area contributed by atoms with Gasteiger partial charge < -0.3 is 5.11 Å². The highest BCUT2D eigenvalue weighted by molar-refractivity contribution is 5.86. The minimum atomic E-state index is 0.239. The molecule has 0 spiro atoms. The highest BCUT2D eigenvalue weighted by Crippen LogP contribution is 2.34. The largest absolute Gasteiger partial charge is 0.508 e. The van der Waals surface area contributed by atoms with Crippen LogP contribution in [0.25, 0.3) is 0 Å². The number of nitrogens with zero attached hydrogens (tertiary/aromatic N) is 1. The minimum Gasteiger partial charge on any atom is -0.508 e. The third-order valence-electron chi connectivity index (χ3n) is 2.74. The second-order valence-corrected chi connectivity index (χ2v) is 4.15. The van der Waals surface area contributed by atoms with Crippen molar-refractivity contribution in [3.8, 4) is 5.75 Å². The van der Waals surface area contributed by atoms with Gasteiger partial charge in [-0.1, -0.05) is 13.8 Å². The highest BCUT2D eigenvalue weighted by atomic mass is 16.3. The van der Waals surface area contributed by atoms with E-state index >= 15 is 0 Å². The Hall–Kier alpha value is -1.31. The van der Waals surface area contributed by atoms with Gasteiger partial charge in [-0.15, -0.1) is 0 Å². The topological polar surface area (TPSA) is 32.6 Å². The van der Waals surface area contributed by atoms with Crippen molar-refractivity contribution in [2.45, 2.75) is 32.7 Å². The van der Waals surface area contributed by atoms with Gasteiger partial charge in [-0.25, -0.2) is 0 Å². The van der Waals surface area contributed by atoms with E-state index in [4.69, 9.17) is 0 Å². The second kappa shape index (κ2) is 3.12. The molecule has 0 saturated carbocycles. The fourth-order valence-corrected chi connectivity index (χ4v) is 1.85. The van der Waals surface area contributed by atoms with Crippen molar-refractivity contribution in [3.63, 3.8) is 0 Å². The molecule has 1 aliphatic rings. The van der Waals surface area contributed by atoms with Crippen molar-refractivity contribution in [1.82, 2.24) is 0 Å². The van der Waals surface area contributed by atoms with Crippen LogP contribution in [0.3, 0.4) is 0 Å². The standard InChI is InChI=1S/C12H15NO/c1-7(2)10-5-11-8(3)13-6-9(11)4-12(10)14/h4-8,14H,1-3H3. The van der Waals surface area contributed by atoms with Crippen LogP contribution in [0, 0.1) is 0 Å². The van der Waals surface area contributed by atoms with Gasteiger partial charge in [0.05, 0.1) is 6.04 Å². The molecular formula is C12H15NO. The molecule has 1 aromatic rings. The van der Waals surface area contributed by atoms with Gasteiger partial charge in [0.25, 0.3) is 0 Å². The molecule has 1 aliphatic heterocycles. The van der Waals surface area contributed by atoms with Crippen molar-refractivity contribution in [2.24, 2.45) is 4.99 Å². The van der Waals surface area contributed by atoms with Crippen LogP contribution < -0.4 is 0 Å². The maximum atomic E-state index is 9.77. The van der Waals surface area contributed by atoms with Gasteiger partial charge >= 0.3 is 0 Å². The lowest BCUT2D eigenvalue weighted by Gasteiger charge is -2.12. The summed E-state index contributed by atoms with van der Waals surface area (Å²) in [5, 5.41) is 9.77. The molecule has 74 valence electrons. The Kier molecular flexibility index (Phi) is 2.06. The van der Waals surface area contributed by atoms with Crippen LogP contribution in [0.5, 0.6) is 5.75 Å². The Morgan fingerprint density at radius 2 is 2.07 bits per heavy atom. The molecule has 2 rings (SSSR count). The molecule has 0 fully saturated rings. The predicted molar refractivity (Wildman–Crippen MR) is 58.2 cm³/mol. The zero-order valence-corrected chi connectivity index (χ0v) is 8.78. The summed E-state index contributed by atoms with van der Waals surface area (Å²) in [7, 11) is 0. The van der Waals surface area contributed by atoms with E-state index in [-0.39, 0.29) is 6.04 Å². The summed E-state index contributed by atoms with van der Waals surface area (Å²) in [6.07, 6.45) is 1.84. The maximum absolute atomic E-state index is 9.77. The number of aromatic hydroxyl groups is 1. The molecular weight excluding hydrogens is 174 g/mol. The summed E-state index contributed by atoms with van der Waals surface area (Å²) in [6, 6.07) is 4.13. The molecule has 0 amide bonds. The van der Waals surface area contributed by atoms with Crippen LogP contribution in [0.15, 0.2) is 17.1 Å². The number of rotatable bonds is 1. The van der Waals surface area contributed by atoms with Crippen LogP contribution in [0.1, 0.15) is 49.4 Å². The van der Waals surface area contributed by atoms with Crippen molar-refractivity contribution in [3.05, 3.63) is 28.8 Å². The first-order valence-electron chi connectivity index (χ1n) is 4.99. The number of benzene rings is 1. The molecule has 0 aliphatic carbocycles. The van der Waals surface area contributed by atoms with Crippen molar-refractivity contribution >= 4 is 6.21 Å². The lowest BCUT2D eigenvalue weighted by atomic mass is 9.95. The first-order chi connectivity index (χ1) is 6.59. The zero-order chi connectivity index (χ0) is 10.3.